The number of nitrogens with two attached hydrogens (primary N) is 1. The fourth-order valence-corrected chi connectivity index (χ4v) is 2.04. The molecule has 2 aromatic carbocycles. The van der Waals surface area contributed by atoms with Crippen LogP contribution in [0.5, 0.6) is 0 Å². The lowest BCUT2D eigenvalue weighted by Crippen LogP contribution is -1.90. The van der Waals surface area contributed by atoms with Crippen molar-refractivity contribution in [1.29, 1.82) is 0 Å². The number of nitrogens with zero attached hydrogens (tertiary/aromatic N) is 1. The van der Waals surface area contributed by atoms with Crippen LogP contribution in [-0.2, 0) is 0 Å². The highest BCUT2D eigenvalue weighted by Crippen LogP contribution is 2.36. The first-order valence-electron chi connectivity index (χ1n) is 5.93. The van der Waals surface area contributed by atoms with Crippen LogP contribution in [0.4, 0.5) is 14.7 Å². The molecule has 1 heterocycles. The lowest BCUT2D eigenvalue weighted by molar-refractivity contribution is 0.439. The quantitative estimate of drug-likeness (QED) is 0.770. The minimum atomic E-state index is -0.427. The molecule has 3 aromatic rings. The minimum absolute atomic E-state index is 0.0647. The molecule has 3 rings (SSSR count). The Morgan fingerprint density at radius 3 is 2.35 bits per heavy atom. The summed E-state index contributed by atoms with van der Waals surface area (Å²) in [5.41, 5.74) is 7.40. The van der Waals surface area contributed by atoms with E-state index in [1.807, 2.05) is 0 Å². The van der Waals surface area contributed by atoms with Crippen LogP contribution >= 0.6 is 0 Å². The molecule has 0 spiro atoms. The Balaban J connectivity index is 2.20. The van der Waals surface area contributed by atoms with Crippen molar-refractivity contribution < 1.29 is 13.3 Å². The fraction of sp³-hybridized carbons (Fsp3) is 0. The number of halogens is 2. The first-order chi connectivity index (χ1) is 9.66. The third-order valence-electron chi connectivity index (χ3n) is 2.98. The average molecular weight is 272 g/mol. The van der Waals surface area contributed by atoms with Crippen LogP contribution < -0.4 is 5.73 Å². The van der Waals surface area contributed by atoms with E-state index in [0.29, 0.717) is 16.8 Å². The summed E-state index contributed by atoms with van der Waals surface area (Å²) in [4.78, 5) is 0. The number of rotatable bonds is 2. The summed E-state index contributed by atoms with van der Waals surface area (Å²) in [5.74, 6) is -0.727. The molecule has 0 bridgehead atoms. The van der Waals surface area contributed by atoms with Gasteiger partial charge in [0.15, 0.2) is 0 Å². The summed E-state index contributed by atoms with van der Waals surface area (Å²) in [7, 11) is 0. The van der Waals surface area contributed by atoms with Crippen LogP contribution in [0.1, 0.15) is 0 Å². The summed E-state index contributed by atoms with van der Waals surface area (Å²) < 4.78 is 31.8. The van der Waals surface area contributed by atoms with Crippen molar-refractivity contribution in [2.45, 2.75) is 0 Å². The zero-order valence-electron chi connectivity index (χ0n) is 10.3. The van der Waals surface area contributed by atoms with E-state index >= 15 is 0 Å². The van der Waals surface area contributed by atoms with Crippen molar-refractivity contribution in [3.05, 3.63) is 60.2 Å². The highest BCUT2D eigenvalue weighted by atomic mass is 19.1. The van der Waals surface area contributed by atoms with Crippen molar-refractivity contribution in [1.82, 2.24) is 5.16 Å². The topological polar surface area (TPSA) is 52.0 Å². The van der Waals surface area contributed by atoms with Gasteiger partial charge in [0.05, 0.1) is 5.56 Å². The van der Waals surface area contributed by atoms with E-state index in [-0.39, 0.29) is 17.3 Å². The largest absolute Gasteiger partial charge is 0.367 e. The number of nitrogen functional groups attached to an aromatic ring is 1. The Bertz CT molecular complexity index is 751. The van der Waals surface area contributed by atoms with E-state index < -0.39 is 5.82 Å². The second-order valence-corrected chi connectivity index (χ2v) is 4.26. The molecule has 0 aliphatic carbocycles. The van der Waals surface area contributed by atoms with Crippen LogP contribution in [0.15, 0.2) is 53.1 Å². The average Bonchev–Trinajstić information content (AvgIpc) is 2.82. The van der Waals surface area contributed by atoms with E-state index in [4.69, 9.17) is 10.3 Å². The van der Waals surface area contributed by atoms with Gasteiger partial charge in [0, 0.05) is 5.56 Å². The van der Waals surface area contributed by atoms with E-state index in [2.05, 4.69) is 5.16 Å². The molecule has 1 aromatic heterocycles. The first kappa shape index (κ1) is 12.3. The van der Waals surface area contributed by atoms with Gasteiger partial charge in [0.25, 0.3) is 0 Å². The molecule has 0 saturated heterocycles. The number of hydrogen-bond acceptors (Lipinski definition) is 3. The predicted octanol–water partition coefficient (Wildman–Crippen LogP) is 3.87. The Morgan fingerprint density at radius 1 is 0.950 bits per heavy atom. The van der Waals surface area contributed by atoms with Crippen molar-refractivity contribution in [2.24, 2.45) is 0 Å². The van der Waals surface area contributed by atoms with E-state index in [9.17, 15) is 8.78 Å². The van der Waals surface area contributed by atoms with Gasteiger partial charge >= 0.3 is 0 Å². The third-order valence-corrected chi connectivity index (χ3v) is 2.98. The smallest absolute Gasteiger partial charge is 0.230 e. The van der Waals surface area contributed by atoms with Gasteiger partial charge in [-0.2, -0.15) is 0 Å². The second-order valence-electron chi connectivity index (χ2n) is 4.26. The predicted molar refractivity (Wildman–Crippen MR) is 71.7 cm³/mol. The van der Waals surface area contributed by atoms with Gasteiger partial charge in [-0.25, -0.2) is 8.78 Å². The summed E-state index contributed by atoms with van der Waals surface area (Å²) >= 11 is 0. The van der Waals surface area contributed by atoms with Crippen molar-refractivity contribution in [3.63, 3.8) is 0 Å². The van der Waals surface area contributed by atoms with Crippen LogP contribution in [0.3, 0.4) is 0 Å². The van der Waals surface area contributed by atoms with Gasteiger partial charge in [0.2, 0.25) is 5.88 Å². The number of benzene rings is 2. The number of anilines is 1. The Hall–Kier alpha value is -2.69. The van der Waals surface area contributed by atoms with Gasteiger partial charge in [-0.05, 0) is 29.8 Å². The summed E-state index contributed by atoms with van der Waals surface area (Å²) in [5, 5.41) is 3.81. The van der Waals surface area contributed by atoms with Gasteiger partial charge in [-0.3, -0.25) is 0 Å². The van der Waals surface area contributed by atoms with E-state index in [0.717, 1.165) is 0 Å². The third kappa shape index (κ3) is 2.03. The monoisotopic (exact) mass is 272 g/mol. The molecule has 100 valence electrons. The van der Waals surface area contributed by atoms with Gasteiger partial charge in [-0.1, -0.05) is 29.4 Å². The number of aromatic nitrogens is 1. The molecular formula is C15H10F2N2O. The number of hydrogen-bond donors (Lipinski definition) is 1. The standard InChI is InChI=1S/C15H10F2N2O/c16-10-7-5-9(6-8-10)13-14(19-20-15(13)18)11-3-1-2-4-12(11)17/h1-8H,18H2. The molecule has 0 saturated carbocycles. The van der Waals surface area contributed by atoms with Crippen molar-refractivity contribution in [2.75, 3.05) is 5.73 Å². The molecule has 20 heavy (non-hydrogen) atoms. The normalized spacial score (nSPS) is 10.7. The molecule has 0 unspecified atom stereocenters. The van der Waals surface area contributed by atoms with Gasteiger partial charge < -0.3 is 10.3 Å². The Labute approximate surface area is 113 Å². The molecule has 0 amide bonds. The Morgan fingerprint density at radius 2 is 1.65 bits per heavy atom. The SMILES string of the molecule is Nc1onc(-c2ccccc2F)c1-c1ccc(F)cc1. The second kappa shape index (κ2) is 4.77. The van der Waals surface area contributed by atoms with Gasteiger partial charge in [-0.15, -0.1) is 0 Å². The minimum Gasteiger partial charge on any atom is -0.367 e. The highest BCUT2D eigenvalue weighted by molar-refractivity contribution is 5.86. The van der Waals surface area contributed by atoms with Crippen LogP contribution in [0.25, 0.3) is 22.4 Å². The molecule has 3 nitrogen and oxygen atoms in total. The molecule has 0 fully saturated rings. The molecule has 0 radical (unpaired) electrons. The lowest BCUT2D eigenvalue weighted by atomic mass is 10.0. The molecule has 5 heteroatoms. The van der Waals surface area contributed by atoms with Crippen molar-refractivity contribution in [3.8, 4) is 22.4 Å². The van der Waals surface area contributed by atoms with Gasteiger partial charge in [0.1, 0.15) is 17.3 Å². The highest BCUT2D eigenvalue weighted by Gasteiger charge is 2.19. The lowest BCUT2D eigenvalue weighted by Gasteiger charge is -2.03. The van der Waals surface area contributed by atoms with Crippen LogP contribution in [-0.4, -0.2) is 5.16 Å². The Kier molecular flexibility index (Phi) is 2.95. The fourth-order valence-electron chi connectivity index (χ4n) is 2.04. The molecule has 2 N–H and O–H groups in total. The van der Waals surface area contributed by atoms with E-state index in [1.165, 1.54) is 18.2 Å². The first-order valence-corrected chi connectivity index (χ1v) is 5.93. The van der Waals surface area contributed by atoms with E-state index in [1.54, 1.807) is 30.3 Å². The molecule has 0 atom stereocenters. The van der Waals surface area contributed by atoms with Crippen LogP contribution in [0.2, 0.25) is 0 Å². The van der Waals surface area contributed by atoms with Crippen molar-refractivity contribution >= 4 is 5.88 Å². The summed E-state index contributed by atoms with van der Waals surface area (Å²) in [6.07, 6.45) is 0. The maximum absolute atomic E-state index is 13.9. The summed E-state index contributed by atoms with van der Waals surface area (Å²) in [6, 6.07) is 11.9. The molecule has 0 aliphatic heterocycles. The maximum Gasteiger partial charge on any atom is 0.230 e. The molecule has 0 aliphatic rings. The van der Waals surface area contributed by atoms with Crippen LogP contribution in [0, 0.1) is 11.6 Å². The molecular weight excluding hydrogens is 262 g/mol. The maximum atomic E-state index is 13.9. The summed E-state index contributed by atoms with van der Waals surface area (Å²) in [6.45, 7) is 0. The zero-order chi connectivity index (χ0) is 14.1. The zero-order valence-corrected chi connectivity index (χ0v) is 10.3.